The van der Waals surface area contributed by atoms with Gasteiger partial charge in [-0.25, -0.2) is 13.9 Å². The van der Waals surface area contributed by atoms with Crippen LogP contribution in [0.1, 0.15) is 53.6 Å². The van der Waals surface area contributed by atoms with Crippen LogP contribution in [-0.2, 0) is 26.2 Å². The van der Waals surface area contributed by atoms with Crippen LogP contribution in [-0.4, -0.2) is 76.8 Å². The van der Waals surface area contributed by atoms with Crippen LogP contribution in [0.2, 0.25) is 0 Å². The maximum atomic E-state index is 14.3. The molecular formula is C33H38F2N5O8P. The number of hydrogen-bond donors (Lipinski definition) is 4. The summed E-state index contributed by atoms with van der Waals surface area (Å²) in [6.45, 7) is 5.23. The van der Waals surface area contributed by atoms with Gasteiger partial charge >= 0.3 is 13.5 Å². The second kappa shape index (κ2) is 14.5. The summed E-state index contributed by atoms with van der Waals surface area (Å²) in [7, 11) is -3.89. The summed E-state index contributed by atoms with van der Waals surface area (Å²) >= 11 is 0. The van der Waals surface area contributed by atoms with E-state index in [1.165, 1.54) is 22.6 Å². The monoisotopic (exact) mass is 701 g/mol. The maximum Gasteiger partial charge on any atom is 0.323 e. The van der Waals surface area contributed by atoms with Gasteiger partial charge in [-0.05, 0) is 51.9 Å². The zero-order valence-corrected chi connectivity index (χ0v) is 28.1. The molecule has 4 N–H and O–H groups in total. The first kappa shape index (κ1) is 35.7. The van der Waals surface area contributed by atoms with E-state index in [1.807, 2.05) is 0 Å². The van der Waals surface area contributed by atoms with Gasteiger partial charge in [-0.1, -0.05) is 24.3 Å². The number of benzene rings is 2. The molecule has 0 radical (unpaired) electrons. The van der Waals surface area contributed by atoms with Gasteiger partial charge in [0.25, 0.3) is 11.8 Å². The predicted molar refractivity (Wildman–Crippen MR) is 175 cm³/mol. The van der Waals surface area contributed by atoms with Crippen LogP contribution in [0.25, 0.3) is 0 Å². The van der Waals surface area contributed by atoms with Crippen molar-refractivity contribution in [3.63, 3.8) is 0 Å². The topological polar surface area (TPSA) is 168 Å². The van der Waals surface area contributed by atoms with Crippen molar-refractivity contribution >= 4 is 25.3 Å². The van der Waals surface area contributed by atoms with E-state index in [0.717, 1.165) is 12.1 Å². The second-order valence-corrected chi connectivity index (χ2v) is 14.6. The van der Waals surface area contributed by atoms with Gasteiger partial charge in [-0.3, -0.25) is 23.7 Å². The molecule has 2 aliphatic heterocycles. The largest absolute Gasteiger partial charge is 0.503 e. The molecule has 2 amide bonds. The van der Waals surface area contributed by atoms with Crippen molar-refractivity contribution in [1.82, 2.24) is 25.2 Å². The first-order valence-electron chi connectivity index (χ1n) is 15.8. The molecule has 3 atom stereocenters. The Labute approximate surface area is 281 Å². The predicted octanol–water partition coefficient (Wildman–Crippen LogP) is 3.11. The molecule has 16 heteroatoms. The van der Waals surface area contributed by atoms with Crippen molar-refractivity contribution in [3.8, 4) is 11.5 Å². The van der Waals surface area contributed by atoms with Gasteiger partial charge in [0.1, 0.15) is 29.0 Å². The number of hydrogen-bond acceptors (Lipinski definition) is 9. The minimum Gasteiger partial charge on any atom is -0.503 e. The lowest BCUT2D eigenvalue weighted by Crippen LogP contribution is -2.56. The second-order valence-electron chi connectivity index (χ2n) is 12.4. The Balaban J connectivity index is 1.42. The number of fused-ring (bicyclic) bond motifs is 2. The van der Waals surface area contributed by atoms with Crippen LogP contribution < -0.4 is 25.7 Å². The molecular weight excluding hydrogens is 663 g/mol. The maximum absolute atomic E-state index is 14.3. The highest BCUT2D eigenvalue weighted by molar-refractivity contribution is 7.57. The number of nitrogens with zero attached hydrogens (tertiary/aromatic N) is 2. The van der Waals surface area contributed by atoms with Gasteiger partial charge in [0.2, 0.25) is 5.43 Å². The Morgan fingerprint density at radius 3 is 2.51 bits per heavy atom. The van der Waals surface area contributed by atoms with Crippen LogP contribution in [0.4, 0.5) is 8.78 Å². The molecule has 0 aliphatic carbocycles. The van der Waals surface area contributed by atoms with Gasteiger partial charge < -0.3 is 34.5 Å². The summed E-state index contributed by atoms with van der Waals surface area (Å²) in [5.74, 6) is -4.66. The summed E-state index contributed by atoms with van der Waals surface area (Å²) < 4.78 is 54.3. The van der Waals surface area contributed by atoms with E-state index in [9.17, 15) is 37.6 Å². The normalized spacial score (nSPS) is 19.0. The van der Waals surface area contributed by atoms with Gasteiger partial charge in [-0.15, -0.1) is 0 Å². The minimum absolute atomic E-state index is 0.0199. The lowest BCUT2D eigenvalue weighted by Gasteiger charge is -2.43. The van der Waals surface area contributed by atoms with E-state index in [1.54, 1.807) is 44.2 Å². The van der Waals surface area contributed by atoms with E-state index in [4.69, 9.17) is 9.26 Å². The number of rotatable bonds is 12. The molecule has 1 saturated heterocycles. The van der Waals surface area contributed by atoms with Crippen molar-refractivity contribution in [2.24, 2.45) is 0 Å². The fourth-order valence-corrected chi connectivity index (χ4v) is 7.84. The molecule has 1 fully saturated rings. The first-order valence-corrected chi connectivity index (χ1v) is 17.6. The number of ether oxygens (including phenoxy) is 1. The Morgan fingerprint density at radius 2 is 1.86 bits per heavy atom. The SMILES string of the molecule is CC(C)OC(=O)[C@H](C)NP(=O)(CCN1CC2(CCNC2)n2cc(C(=O)NCc3ccc(F)cc3F)c(=O)c(O)c2C1=O)Oc1ccccc1. The van der Waals surface area contributed by atoms with Crippen molar-refractivity contribution in [2.75, 3.05) is 32.3 Å². The molecule has 3 aromatic rings. The number of para-hydroxylation sites is 1. The number of aromatic hydroxyl groups is 1. The number of pyridine rings is 1. The molecule has 1 spiro atoms. The quantitative estimate of drug-likeness (QED) is 0.163. The third kappa shape index (κ3) is 7.85. The van der Waals surface area contributed by atoms with E-state index >= 15 is 0 Å². The van der Waals surface area contributed by atoms with Gasteiger partial charge in [-0.2, -0.15) is 0 Å². The number of carbonyl (C=O) groups is 3. The highest BCUT2D eigenvalue weighted by atomic mass is 31.2. The number of halogens is 2. The van der Waals surface area contributed by atoms with Crippen LogP contribution in [0, 0.1) is 11.6 Å². The average molecular weight is 702 g/mol. The van der Waals surface area contributed by atoms with Crippen molar-refractivity contribution in [3.05, 3.63) is 93.4 Å². The highest BCUT2D eigenvalue weighted by Crippen LogP contribution is 2.44. The number of esters is 1. The van der Waals surface area contributed by atoms with Crippen molar-refractivity contribution < 1.29 is 42.1 Å². The Morgan fingerprint density at radius 1 is 1.12 bits per heavy atom. The number of amides is 2. The van der Waals surface area contributed by atoms with E-state index in [2.05, 4.69) is 15.7 Å². The van der Waals surface area contributed by atoms with Gasteiger partial charge in [0, 0.05) is 44.0 Å². The highest BCUT2D eigenvalue weighted by Gasteiger charge is 2.47. The summed E-state index contributed by atoms with van der Waals surface area (Å²) in [6, 6.07) is 10.2. The number of carbonyl (C=O) groups excluding carboxylic acids is 3. The zero-order chi connectivity index (χ0) is 35.5. The molecule has 2 aromatic carbocycles. The molecule has 0 saturated carbocycles. The smallest absolute Gasteiger partial charge is 0.323 e. The molecule has 2 aliphatic rings. The summed E-state index contributed by atoms with van der Waals surface area (Å²) in [4.78, 5) is 54.3. The average Bonchev–Trinajstić information content (AvgIpc) is 3.52. The molecule has 5 rings (SSSR count). The lowest BCUT2D eigenvalue weighted by molar-refractivity contribution is -0.149. The molecule has 49 heavy (non-hydrogen) atoms. The zero-order valence-electron chi connectivity index (χ0n) is 27.2. The molecule has 3 heterocycles. The van der Waals surface area contributed by atoms with Crippen LogP contribution in [0.3, 0.4) is 0 Å². The molecule has 2 unspecified atom stereocenters. The number of nitrogens with one attached hydrogen (secondary N) is 3. The fraction of sp³-hybridized carbons (Fsp3) is 0.394. The Bertz CT molecular complexity index is 1850. The third-order valence-electron chi connectivity index (χ3n) is 8.35. The third-order valence-corrected chi connectivity index (χ3v) is 10.4. The summed E-state index contributed by atoms with van der Waals surface area (Å²) in [5, 5.41) is 19.5. The summed E-state index contributed by atoms with van der Waals surface area (Å²) in [5.41, 5.74) is -2.85. The van der Waals surface area contributed by atoms with Crippen molar-refractivity contribution in [1.29, 1.82) is 0 Å². The Hall–Kier alpha value is -4.59. The molecule has 13 nitrogen and oxygen atoms in total. The Kier molecular flexibility index (Phi) is 10.6. The summed E-state index contributed by atoms with van der Waals surface area (Å²) in [6.07, 6.45) is 1.00. The number of aromatic nitrogens is 1. The van der Waals surface area contributed by atoms with Gasteiger partial charge in [0.15, 0.2) is 11.4 Å². The fourth-order valence-electron chi connectivity index (χ4n) is 5.90. The minimum atomic E-state index is -3.89. The van der Waals surface area contributed by atoms with E-state index in [-0.39, 0.29) is 42.8 Å². The molecule has 0 bridgehead atoms. The van der Waals surface area contributed by atoms with Crippen LogP contribution in [0.15, 0.2) is 59.5 Å². The van der Waals surface area contributed by atoms with Crippen molar-refractivity contribution in [2.45, 2.75) is 51.4 Å². The van der Waals surface area contributed by atoms with Crippen LogP contribution in [0.5, 0.6) is 11.5 Å². The first-order chi connectivity index (χ1) is 23.2. The lowest BCUT2D eigenvalue weighted by atomic mass is 9.92. The van der Waals surface area contributed by atoms with E-state index < -0.39 is 71.4 Å². The molecule has 1 aromatic heterocycles. The van der Waals surface area contributed by atoms with Gasteiger partial charge in [0.05, 0.1) is 17.8 Å². The van der Waals surface area contributed by atoms with E-state index in [0.29, 0.717) is 25.6 Å². The standard InChI is InChI=1S/C33H38F2N5O8P/c1-20(2)47-32(45)21(3)38-49(46,48-24-7-5-4-6-8-24)14-13-39-19-33(11-12-36-18-33)40-17-25(28(41)29(42)27(40)31(39)44)30(43)37-16-22-9-10-23(34)15-26(22)35/h4-10,15,17,20-21,36,42H,11-14,16,18-19H2,1-3H3,(H,37,43)(H,38,46)/t21-,33?,49?/m0/s1. The molecule has 262 valence electrons. The van der Waals surface area contributed by atoms with Crippen LogP contribution >= 0.6 is 7.52 Å².